The van der Waals surface area contributed by atoms with Crippen molar-refractivity contribution in [2.75, 3.05) is 5.32 Å². The molecule has 0 aromatic heterocycles. The van der Waals surface area contributed by atoms with Gasteiger partial charge in [0, 0.05) is 5.02 Å². The fourth-order valence-corrected chi connectivity index (χ4v) is 2.26. The van der Waals surface area contributed by atoms with Crippen molar-refractivity contribution in [2.24, 2.45) is 5.10 Å². The zero-order valence-corrected chi connectivity index (χ0v) is 14.4. The highest BCUT2D eigenvalue weighted by atomic mass is 35.5. The van der Waals surface area contributed by atoms with Crippen molar-refractivity contribution in [1.82, 2.24) is 5.43 Å². The number of hydrogen-bond acceptors (Lipinski definition) is 3. The Kier molecular flexibility index (Phi) is 6.35. The van der Waals surface area contributed by atoms with E-state index in [0.717, 1.165) is 5.56 Å². The number of halogens is 2. The van der Waals surface area contributed by atoms with Gasteiger partial charge < -0.3 is 5.32 Å². The molecule has 0 heterocycles. The van der Waals surface area contributed by atoms with Crippen LogP contribution >= 0.6 is 23.2 Å². The van der Waals surface area contributed by atoms with E-state index in [0.29, 0.717) is 17.2 Å². The van der Waals surface area contributed by atoms with Gasteiger partial charge in [0.1, 0.15) is 0 Å². The Balaban J connectivity index is 2.04. The molecule has 0 saturated carbocycles. The number of hydrogen-bond donors (Lipinski definition) is 2. The molecule has 0 aliphatic carbocycles. The summed E-state index contributed by atoms with van der Waals surface area (Å²) in [6, 6.07) is 13.9. The highest BCUT2D eigenvalue weighted by molar-refractivity contribution is 6.42. The largest absolute Gasteiger partial charge is 0.329 e. The van der Waals surface area contributed by atoms with Gasteiger partial charge in [-0.15, -0.1) is 0 Å². The zero-order chi connectivity index (χ0) is 17.5. The molecule has 124 valence electrons. The van der Waals surface area contributed by atoms with Gasteiger partial charge >= 0.3 is 11.8 Å². The first-order valence-corrected chi connectivity index (χ1v) is 7.95. The number of anilines is 1. The van der Waals surface area contributed by atoms with Crippen LogP contribution < -0.4 is 10.7 Å². The Bertz CT molecular complexity index is 777. The first-order chi connectivity index (χ1) is 11.5. The molecule has 2 rings (SSSR count). The number of carbonyl (C=O) groups is 2. The van der Waals surface area contributed by atoms with Crippen LogP contribution in [-0.2, 0) is 9.59 Å². The quantitative estimate of drug-likeness (QED) is 0.491. The van der Waals surface area contributed by atoms with Gasteiger partial charge in [-0.3, -0.25) is 9.59 Å². The lowest BCUT2D eigenvalue weighted by molar-refractivity contribution is -0.136. The highest BCUT2D eigenvalue weighted by Crippen LogP contribution is 2.25. The third-order valence-electron chi connectivity index (χ3n) is 3.12. The number of amides is 2. The molecule has 0 aliphatic heterocycles. The Morgan fingerprint density at radius 2 is 1.75 bits per heavy atom. The summed E-state index contributed by atoms with van der Waals surface area (Å²) in [6.07, 6.45) is 0.603. The van der Waals surface area contributed by atoms with E-state index in [9.17, 15) is 9.59 Å². The molecule has 5 nitrogen and oxygen atoms in total. The Hall–Kier alpha value is -2.37. The number of nitrogens with zero attached hydrogens (tertiary/aromatic N) is 1. The smallest absolute Gasteiger partial charge is 0.316 e. The number of hydrazone groups is 1. The van der Waals surface area contributed by atoms with Crippen LogP contribution in [0.2, 0.25) is 10.0 Å². The van der Waals surface area contributed by atoms with Crippen molar-refractivity contribution in [1.29, 1.82) is 0 Å². The van der Waals surface area contributed by atoms with E-state index in [1.165, 1.54) is 12.1 Å². The molecular formula is C17H15Cl2N3O2. The van der Waals surface area contributed by atoms with Gasteiger partial charge in [0.25, 0.3) is 0 Å². The van der Waals surface area contributed by atoms with Crippen molar-refractivity contribution >= 4 is 46.4 Å². The Labute approximate surface area is 149 Å². The molecule has 0 bridgehead atoms. The molecule has 0 radical (unpaired) electrons. The molecule has 7 heteroatoms. The molecule has 2 amide bonds. The second kappa shape index (κ2) is 8.47. The molecular weight excluding hydrogens is 349 g/mol. The Morgan fingerprint density at radius 1 is 1.04 bits per heavy atom. The van der Waals surface area contributed by atoms with Gasteiger partial charge in [-0.1, -0.05) is 60.5 Å². The standard InChI is InChI=1S/C17H15Cl2N3O2/c1-2-14(11-6-4-3-5-7-11)21-22-17(24)16(23)20-15-10-12(18)8-9-13(15)19/h3-10H,2H2,1H3,(H,20,23)(H,22,24). The summed E-state index contributed by atoms with van der Waals surface area (Å²) in [7, 11) is 0. The van der Waals surface area contributed by atoms with Crippen LogP contribution in [0.25, 0.3) is 0 Å². The van der Waals surface area contributed by atoms with E-state index in [-0.39, 0.29) is 10.7 Å². The second-order valence-corrected chi connectivity index (χ2v) is 5.64. The van der Waals surface area contributed by atoms with Gasteiger partial charge in [-0.05, 0) is 30.2 Å². The van der Waals surface area contributed by atoms with E-state index < -0.39 is 11.8 Å². The minimum atomic E-state index is -0.895. The van der Waals surface area contributed by atoms with Crippen molar-refractivity contribution in [3.8, 4) is 0 Å². The summed E-state index contributed by atoms with van der Waals surface area (Å²) < 4.78 is 0. The van der Waals surface area contributed by atoms with Crippen LogP contribution in [0.3, 0.4) is 0 Å². The van der Waals surface area contributed by atoms with Gasteiger partial charge in [0.05, 0.1) is 16.4 Å². The second-order valence-electron chi connectivity index (χ2n) is 4.80. The average Bonchev–Trinajstić information content (AvgIpc) is 2.59. The summed E-state index contributed by atoms with van der Waals surface area (Å²) in [6.45, 7) is 1.91. The summed E-state index contributed by atoms with van der Waals surface area (Å²) in [5.74, 6) is -1.78. The number of nitrogens with one attached hydrogen (secondary N) is 2. The summed E-state index contributed by atoms with van der Waals surface area (Å²) in [5.41, 5.74) is 4.04. The third kappa shape index (κ3) is 4.81. The van der Waals surface area contributed by atoms with E-state index in [2.05, 4.69) is 15.8 Å². The van der Waals surface area contributed by atoms with Gasteiger partial charge in [-0.2, -0.15) is 5.10 Å². The van der Waals surface area contributed by atoms with Crippen molar-refractivity contribution < 1.29 is 9.59 Å². The van der Waals surface area contributed by atoms with Crippen molar-refractivity contribution in [3.63, 3.8) is 0 Å². The predicted molar refractivity (Wildman–Crippen MR) is 96.5 cm³/mol. The maximum Gasteiger partial charge on any atom is 0.329 e. The highest BCUT2D eigenvalue weighted by Gasteiger charge is 2.15. The molecule has 2 aromatic carbocycles. The van der Waals surface area contributed by atoms with Crippen LogP contribution in [0, 0.1) is 0 Å². The van der Waals surface area contributed by atoms with Crippen LogP contribution in [0.1, 0.15) is 18.9 Å². The number of benzene rings is 2. The fourth-order valence-electron chi connectivity index (χ4n) is 1.92. The van der Waals surface area contributed by atoms with E-state index in [4.69, 9.17) is 23.2 Å². The minimum absolute atomic E-state index is 0.257. The fraction of sp³-hybridized carbons (Fsp3) is 0.118. The molecule has 0 aliphatic rings. The molecule has 24 heavy (non-hydrogen) atoms. The molecule has 2 aromatic rings. The van der Waals surface area contributed by atoms with Gasteiger partial charge in [-0.25, -0.2) is 5.43 Å². The van der Waals surface area contributed by atoms with Gasteiger partial charge in [0.15, 0.2) is 0 Å². The molecule has 0 unspecified atom stereocenters. The molecule has 0 atom stereocenters. The number of rotatable bonds is 4. The minimum Gasteiger partial charge on any atom is -0.316 e. The lowest BCUT2D eigenvalue weighted by Gasteiger charge is -2.07. The predicted octanol–water partition coefficient (Wildman–Crippen LogP) is 3.86. The van der Waals surface area contributed by atoms with Crippen LogP contribution in [0.4, 0.5) is 5.69 Å². The molecule has 2 N–H and O–H groups in total. The Morgan fingerprint density at radius 3 is 2.42 bits per heavy atom. The lowest BCUT2D eigenvalue weighted by Crippen LogP contribution is -2.33. The first kappa shape index (κ1) is 18.0. The van der Waals surface area contributed by atoms with Crippen LogP contribution in [-0.4, -0.2) is 17.5 Å². The SMILES string of the molecule is CCC(=NNC(=O)C(=O)Nc1cc(Cl)ccc1Cl)c1ccccc1. The van der Waals surface area contributed by atoms with E-state index >= 15 is 0 Å². The lowest BCUT2D eigenvalue weighted by atomic mass is 10.1. The normalized spacial score (nSPS) is 11.0. The average molecular weight is 364 g/mol. The zero-order valence-electron chi connectivity index (χ0n) is 12.8. The van der Waals surface area contributed by atoms with Crippen molar-refractivity contribution in [2.45, 2.75) is 13.3 Å². The first-order valence-electron chi connectivity index (χ1n) is 7.19. The summed E-state index contributed by atoms with van der Waals surface area (Å²) in [5, 5.41) is 7.08. The maximum absolute atomic E-state index is 11.9. The van der Waals surface area contributed by atoms with Crippen LogP contribution in [0.5, 0.6) is 0 Å². The summed E-state index contributed by atoms with van der Waals surface area (Å²) >= 11 is 11.8. The number of carbonyl (C=O) groups excluding carboxylic acids is 2. The third-order valence-corrected chi connectivity index (χ3v) is 3.68. The summed E-state index contributed by atoms with van der Waals surface area (Å²) in [4.78, 5) is 23.8. The van der Waals surface area contributed by atoms with E-state index in [1.807, 2.05) is 37.3 Å². The van der Waals surface area contributed by atoms with Crippen LogP contribution in [0.15, 0.2) is 53.6 Å². The topological polar surface area (TPSA) is 70.6 Å². The molecule has 0 saturated heterocycles. The molecule has 0 spiro atoms. The van der Waals surface area contributed by atoms with E-state index in [1.54, 1.807) is 6.07 Å². The van der Waals surface area contributed by atoms with Crippen molar-refractivity contribution in [3.05, 3.63) is 64.1 Å². The monoisotopic (exact) mass is 363 g/mol. The molecule has 0 fully saturated rings. The maximum atomic E-state index is 11.9. The van der Waals surface area contributed by atoms with Gasteiger partial charge in [0.2, 0.25) is 0 Å².